The van der Waals surface area contributed by atoms with Gasteiger partial charge < -0.3 is 10.4 Å². The number of carbonyl (C=O) groups excluding carboxylic acids is 1. The van der Waals surface area contributed by atoms with Gasteiger partial charge in [0.05, 0.1) is 11.0 Å². The third-order valence-corrected chi connectivity index (χ3v) is 4.70. The Kier molecular flexibility index (Phi) is 5.34. The van der Waals surface area contributed by atoms with Crippen molar-refractivity contribution in [3.05, 3.63) is 39.4 Å². The highest BCUT2D eigenvalue weighted by Crippen LogP contribution is 2.39. The summed E-state index contributed by atoms with van der Waals surface area (Å²) in [4.78, 5) is 34.0. The van der Waals surface area contributed by atoms with Crippen molar-refractivity contribution in [2.45, 2.75) is 45.1 Å². The average Bonchev–Trinajstić information content (AvgIpc) is 2.54. The van der Waals surface area contributed by atoms with Crippen LogP contribution in [0.15, 0.2) is 12.1 Å². The van der Waals surface area contributed by atoms with E-state index >= 15 is 0 Å². The van der Waals surface area contributed by atoms with Gasteiger partial charge in [-0.1, -0.05) is 26.2 Å². The number of carbonyl (C=O) groups is 2. The number of rotatable bonds is 5. The molecule has 0 aliphatic heterocycles. The number of nitrogens with zero attached hydrogens (tertiary/aromatic N) is 1. The largest absolute Gasteiger partial charge is 0.480 e. The van der Waals surface area contributed by atoms with Gasteiger partial charge in [-0.2, -0.15) is 0 Å². The molecule has 7 nitrogen and oxygen atoms in total. The monoisotopic (exact) mass is 356 g/mol. The molecule has 136 valence electrons. The normalized spacial score (nSPS) is 17.6. The van der Waals surface area contributed by atoms with Crippen molar-refractivity contribution in [1.82, 2.24) is 5.32 Å². The standard InChI is InChI=1S/C16H18F2N2O5/c1-16(5-3-2-4-6-16)13(15(22)23)19-14(21)9-7-10(17)11(18)8-12(9)20(24)25/h7-8,13H,2-6H2,1H3,(H,19,21)(H,22,23)/t13-/m1/s1. The lowest BCUT2D eigenvalue weighted by Gasteiger charge is -2.38. The molecule has 25 heavy (non-hydrogen) atoms. The number of carboxylic acid groups (broad SMARTS) is 1. The van der Waals surface area contributed by atoms with Gasteiger partial charge in [-0.25, -0.2) is 13.6 Å². The first kappa shape index (κ1) is 18.8. The topological polar surface area (TPSA) is 110 Å². The third-order valence-electron chi connectivity index (χ3n) is 4.70. The van der Waals surface area contributed by atoms with Gasteiger partial charge in [-0.3, -0.25) is 14.9 Å². The lowest BCUT2D eigenvalue weighted by atomic mass is 9.70. The second kappa shape index (κ2) is 7.12. The second-order valence-electron chi connectivity index (χ2n) is 6.50. The average molecular weight is 356 g/mol. The van der Waals surface area contributed by atoms with E-state index in [-0.39, 0.29) is 0 Å². The van der Waals surface area contributed by atoms with Crippen LogP contribution in [0.2, 0.25) is 0 Å². The van der Waals surface area contributed by atoms with Crippen LogP contribution in [0.3, 0.4) is 0 Å². The van der Waals surface area contributed by atoms with Crippen LogP contribution in [0, 0.1) is 27.2 Å². The minimum Gasteiger partial charge on any atom is -0.480 e. The number of amides is 1. The summed E-state index contributed by atoms with van der Waals surface area (Å²) in [5.74, 6) is -5.28. The molecular weight excluding hydrogens is 338 g/mol. The molecule has 0 aromatic heterocycles. The molecule has 0 unspecified atom stereocenters. The highest BCUT2D eigenvalue weighted by Gasteiger charge is 2.41. The SMILES string of the molecule is CC1([C@H](NC(=O)c2cc(F)c(F)cc2[N+](=O)[O-])C(=O)O)CCCCC1. The second-order valence-corrected chi connectivity index (χ2v) is 6.50. The number of halogens is 2. The fourth-order valence-electron chi connectivity index (χ4n) is 3.26. The number of carboxylic acids is 1. The van der Waals surface area contributed by atoms with Crippen LogP contribution in [0.5, 0.6) is 0 Å². The predicted octanol–water partition coefficient (Wildman–Crippen LogP) is 3.03. The molecule has 1 fully saturated rings. The van der Waals surface area contributed by atoms with Gasteiger partial charge in [0, 0.05) is 0 Å². The zero-order chi connectivity index (χ0) is 18.8. The molecule has 1 amide bonds. The van der Waals surface area contributed by atoms with Gasteiger partial charge in [-0.15, -0.1) is 0 Å². The Morgan fingerprint density at radius 2 is 1.80 bits per heavy atom. The van der Waals surface area contributed by atoms with E-state index in [1.165, 1.54) is 0 Å². The number of nitro groups is 1. The van der Waals surface area contributed by atoms with Gasteiger partial charge in [0.1, 0.15) is 11.6 Å². The molecule has 1 atom stereocenters. The summed E-state index contributed by atoms with van der Waals surface area (Å²) in [5.41, 5.74) is -2.35. The molecule has 1 saturated carbocycles. The fourth-order valence-corrected chi connectivity index (χ4v) is 3.26. The summed E-state index contributed by atoms with van der Waals surface area (Å²) < 4.78 is 26.6. The van der Waals surface area contributed by atoms with E-state index in [2.05, 4.69) is 5.32 Å². The summed E-state index contributed by atoms with van der Waals surface area (Å²) >= 11 is 0. The summed E-state index contributed by atoms with van der Waals surface area (Å²) in [7, 11) is 0. The summed E-state index contributed by atoms with van der Waals surface area (Å²) in [6.45, 7) is 1.73. The first-order chi connectivity index (χ1) is 11.7. The Balaban J connectivity index is 2.35. The molecule has 0 bridgehead atoms. The van der Waals surface area contributed by atoms with E-state index in [0.717, 1.165) is 19.3 Å². The van der Waals surface area contributed by atoms with Crippen molar-refractivity contribution in [3.63, 3.8) is 0 Å². The summed E-state index contributed by atoms with van der Waals surface area (Å²) in [6.07, 6.45) is 3.72. The van der Waals surface area contributed by atoms with Crippen LogP contribution < -0.4 is 5.32 Å². The highest BCUT2D eigenvalue weighted by molar-refractivity contribution is 6.00. The molecule has 0 radical (unpaired) electrons. The van der Waals surface area contributed by atoms with Crippen molar-refractivity contribution in [2.24, 2.45) is 5.41 Å². The Morgan fingerprint density at radius 1 is 1.24 bits per heavy atom. The van der Waals surface area contributed by atoms with Gasteiger partial charge in [0.2, 0.25) is 0 Å². The van der Waals surface area contributed by atoms with E-state index in [1.54, 1.807) is 6.92 Å². The van der Waals surface area contributed by atoms with Crippen LogP contribution in [-0.4, -0.2) is 27.9 Å². The number of aliphatic carboxylic acids is 1. The van der Waals surface area contributed by atoms with E-state index < -0.39 is 51.1 Å². The van der Waals surface area contributed by atoms with Gasteiger partial charge in [0.25, 0.3) is 11.6 Å². The number of benzene rings is 1. The molecule has 2 N–H and O–H groups in total. The van der Waals surface area contributed by atoms with Crippen LogP contribution in [0.25, 0.3) is 0 Å². The molecule has 0 spiro atoms. The lowest BCUT2D eigenvalue weighted by Crippen LogP contribution is -2.52. The van der Waals surface area contributed by atoms with Crippen molar-refractivity contribution in [3.8, 4) is 0 Å². The fraction of sp³-hybridized carbons (Fsp3) is 0.500. The van der Waals surface area contributed by atoms with E-state index in [4.69, 9.17) is 0 Å². The van der Waals surface area contributed by atoms with Gasteiger partial charge in [-0.05, 0) is 24.3 Å². The van der Waals surface area contributed by atoms with Crippen molar-refractivity contribution >= 4 is 17.6 Å². The zero-order valence-electron chi connectivity index (χ0n) is 13.6. The van der Waals surface area contributed by atoms with Crippen LogP contribution >= 0.6 is 0 Å². The van der Waals surface area contributed by atoms with Crippen molar-refractivity contribution < 1.29 is 28.4 Å². The van der Waals surface area contributed by atoms with Crippen LogP contribution in [-0.2, 0) is 4.79 Å². The minimum atomic E-state index is -1.46. The van der Waals surface area contributed by atoms with E-state index in [9.17, 15) is 33.6 Å². The lowest BCUT2D eigenvalue weighted by molar-refractivity contribution is -0.385. The minimum absolute atomic E-state index is 0.308. The number of hydrogen-bond acceptors (Lipinski definition) is 4. The maximum atomic E-state index is 13.4. The Labute approximate surface area is 142 Å². The Bertz CT molecular complexity index is 717. The molecule has 0 heterocycles. The highest BCUT2D eigenvalue weighted by atomic mass is 19.2. The smallest absolute Gasteiger partial charge is 0.326 e. The molecule has 1 aromatic rings. The van der Waals surface area contributed by atoms with E-state index in [1.807, 2.05) is 0 Å². The maximum Gasteiger partial charge on any atom is 0.326 e. The zero-order valence-corrected chi connectivity index (χ0v) is 13.6. The van der Waals surface area contributed by atoms with Gasteiger partial charge >= 0.3 is 5.97 Å². The maximum absolute atomic E-state index is 13.4. The number of hydrogen-bond donors (Lipinski definition) is 2. The molecule has 1 aromatic carbocycles. The Morgan fingerprint density at radius 3 is 2.32 bits per heavy atom. The molecule has 2 rings (SSSR count). The summed E-state index contributed by atoms with van der Waals surface area (Å²) in [6, 6.07) is -0.569. The number of nitro benzene ring substituents is 1. The molecular formula is C16H18F2N2O5. The van der Waals surface area contributed by atoms with Crippen LogP contribution in [0.4, 0.5) is 14.5 Å². The Hall–Kier alpha value is -2.58. The first-order valence-corrected chi connectivity index (χ1v) is 7.83. The molecule has 1 aliphatic rings. The third kappa shape index (κ3) is 3.92. The van der Waals surface area contributed by atoms with E-state index in [0.29, 0.717) is 25.0 Å². The van der Waals surface area contributed by atoms with Gasteiger partial charge in [0.15, 0.2) is 11.6 Å². The molecule has 0 saturated heterocycles. The van der Waals surface area contributed by atoms with Crippen molar-refractivity contribution in [2.75, 3.05) is 0 Å². The molecule has 9 heteroatoms. The van der Waals surface area contributed by atoms with Crippen LogP contribution in [0.1, 0.15) is 49.4 Å². The summed E-state index contributed by atoms with van der Waals surface area (Å²) in [5, 5.41) is 22.7. The molecule has 1 aliphatic carbocycles. The van der Waals surface area contributed by atoms with Crippen molar-refractivity contribution in [1.29, 1.82) is 0 Å². The number of nitrogens with one attached hydrogen (secondary N) is 1. The first-order valence-electron chi connectivity index (χ1n) is 7.83. The predicted molar refractivity (Wildman–Crippen MR) is 83.1 cm³/mol. The quantitative estimate of drug-likeness (QED) is 0.622.